The fourth-order valence-electron chi connectivity index (χ4n) is 2.69. The Balaban J connectivity index is 2.65. The molecule has 0 unspecified atom stereocenters. The van der Waals surface area contributed by atoms with E-state index in [2.05, 4.69) is 0 Å². The van der Waals surface area contributed by atoms with Gasteiger partial charge in [0, 0.05) is 16.3 Å². The van der Waals surface area contributed by atoms with Crippen LogP contribution in [0.3, 0.4) is 0 Å². The number of hydrogen-bond acceptors (Lipinski definition) is 2. The van der Waals surface area contributed by atoms with Crippen molar-refractivity contribution in [3.05, 3.63) is 54.1 Å². The highest BCUT2D eigenvalue weighted by molar-refractivity contribution is 6.21. The molecule has 2 heteroatoms. The number of methoxy groups -OCH3 is 1. The lowest BCUT2D eigenvalue weighted by Gasteiger charge is -2.14. The second kappa shape index (κ2) is 4.39. The van der Waals surface area contributed by atoms with E-state index in [4.69, 9.17) is 4.74 Å². The minimum Gasteiger partial charge on any atom is -0.495 e. The van der Waals surface area contributed by atoms with Gasteiger partial charge in [-0.05, 0) is 17.7 Å². The first-order valence-electron chi connectivity index (χ1n) is 6.22. The molecule has 19 heavy (non-hydrogen) atoms. The van der Waals surface area contributed by atoms with Gasteiger partial charge in [-0.25, -0.2) is 0 Å². The molecule has 3 rings (SSSR count). The number of hydrogen-bond donors (Lipinski definition) is 0. The molecule has 0 aliphatic rings. The summed E-state index contributed by atoms with van der Waals surface area (Å²) in [4.78, 5) is 12.0. The Morgan fingerprint density at radius 3 is 1.63 bits per heavy atom. The molecule has 0 saturated carbocycles. The number of ether oxygens (including phenoxy) is 1. The Hall–Kier alpha value is -2.35. The van der Waals surface area contributed by atoms with Crippen molar-refractivity contribution >= 4 is 27.3 Å². The molecule has 0 aliphatic heterocycles. The van der Waals surface area contributed by atoms with Gasteiger partial charge < -0.3 is 4.74 Å². The third-order valence-electron chi connectivity index (χ3n) is 3.44. The van der Waals surface area contributed by atoms with Crippen LogP contribution in [0.2, 0.25) is 0 Å². The smallest absolute Gasteiger partial charge is 0.161 e. The van der Waals surface area contributed by atoms with Crippen LogP contribution in [0.1, 0.15) is 17.3 Å². The highest BCUT2D eigenvalue weighted by Crippen LogP contribution is 2.38. The van der Waals surface area contributed by atoms with Crippen LogP contribution >= 0.6 is 0 Å². The van der Waals surface area contributed by atoms with Crippen LogP contribution in [0, 0.1) is 0 Å². The molecule has 0 heterocycles. The average Bonchev–Trinajstić information content (AvgIpc) is 2.44. The van der Waals surface area contributed by atoms with Gasteiger partial charge in [0.05, 0.1) is 7.11 Å². The van der Waals surface area contributed by atoms with Crippen LogP contribution in [0.25, 0.3) is 21.5 Å². The van der Waals surface area contributed by atoms with E-state index in [1.807, 2.05) is 48.5 Å². The SMILES string of the molecule is COc1c2ccccc2c(C(C)=O)c2ccccc12. The average molecular weight is 250 g/mol. The third-order valence-corrected chi connectivity index (χ3v) is 3.44. The molecular formula is C17H14O2. The van der Waals surface area contributed by atoms with E-state index in [0.717, 1.165) is 32.9 Å². The molecule has 94 valence electrons. The fourth-order valence-corrected chi connectivity index (χ4v) is 2.69. The highest BCUT2D eigenvalue weighted by atomic mass is 16.5. The van der Waals surface area contributed by atoms with Crippen molar-refractivity contribution in [2.75, 3.05) is 7.11 Å². The Kier molecular flexibility index (Phi) is 2.71. The molecule has 0 atom stereocenters. The van der Waals surface area contributed by atoms with Gasteiger partial charge in [0.2, 0.25) is 0 Å². The molecule has 0 bridgehead atoms. The molecule has 0 saturated heterocycles. The normalized spacial score (nSPS) is 10.8. The number of fused-ring (bicyclic) bond motifs is 2. The summed E-state index contributed by atoms with van der Waals surface area (Å²) in [7, 11) is 1.67. The lowest BCUT2D eigenvalue weighted by atomic mass is 9.94. The van der Waals surface area contributed by atoms with Gasteiger partial charge in [-0.3, -0.25) is 4.79 Å². The Morgan fingerprint density at radius 1 is 0.842 bits per heavy atom. The number of rotatable bonds is 2. The molecule has 0 radical (unpaired) electrons. The van der Waals surface area contributed by atoms with Crippen LogP contribution in [-0.2, 0) is 0 Å². The largest absolute Gasteiger partial charge is 0.495 e. The number of Topliss-reactive ketones (excluding diaryl/α,β-unsaturated/α-hetero) is 1. The van der Waals surface area contributed by atoms with E-state index in [9.17, 15) is 4.79 Å². The molecular weight excluding hydrogens is 236 g/mol. The van der Waals surface area contributed by atoms with Crippen molar-refractivity contribution in [2.24, 2.45) is 0 Å². The Labute approximate surface area is 111 Å². The standard InChI is InChI=1S/C17H14O2/c1-11(18)16-12-7-3-5-9-14(12)17(19-2)15-10-6-4-8-13(15)16/h3-10H,1-2H3. The zero-order chi connectivity index (χ0) is 13.4. The number of ketones is 1. The first kappa shape index (κ1) is 11.7. The summed E-state index contributed by atoms with van der Waals surface area (Å²) in [5.74, 6) is 0.909. The predicted octanol–water partition coefficient (Wildman–Crippen LogP) is 4.20. The Morgan fingerprint density at radius 2 is 1.26 bits per heavy atom. The summed E-state index contributed by atoms with van der Waals surface area (Å²) in [6, 6.07) is 15.8. The van der Waals surface area contributed by atoms with E-state index >= 15 is 0 Å². The van der Waals surface area contributed by atoms with Crippen molar-refractivity contribution in [2.45, 2.75) is 6.92 Å². The second-order valence-corrected chi connectivity index (χ2v) is 4.56. The van der Waals surface area contributed by atoms with Gasteiger partial charge in [-0.15, -0.1) is 0 Å². The van der Waals surface area contributed by atoms with E-state index < -0.39 is 0 Å². The number of carbonyl (C=O) groups excluding carboxylic acids is 1. The summed E-state index contributed by atoms with van der Waals surface area (Å²) in [6.07, 6.45) is 0. The molecule has 0 N–H and O–H groups in total. The van der Waals surface area contributed by atoms with Crippen molar-refractivity contribution in [3.8, 4) is 5.75 Å². The lowest BCUT2D eigenvalue weighted by Crippen LogP contribution is -1.98. The Bertz CT molecular complexity index is 731. The van der Waals surface area contributed by atoms with E-state index in [-0.39, 0.29) is 5.78 Å². The topological polar surface area (TPSA) is 26.3 Å². The summed E-state index contributed by atoms with van der Waals surface area (Å²) in [6.45, 7) is 1.61. The van der Waals surface area contributed by atoms with Gasteiger partial charge in [0.25, 0.3) is 0 Å². The van der Waals surface area contributed by atoms with Gasteiger partial charge in [-0.2, -0.15) is 0 Å². The zero-order valence-electron chi connectivity index (χ0n) is 10.9. The molecule has 3 aromatic carbocycles. The van der Waals surface area contributed by atoms with E-state index in [0.29, 0.717) is 0 Å². The predicted molar refractivity (Wildman–Crippen MR) is 78.0 cm³/mol. The minimum absolute atomic E-state index is 0.0788. The molecule has 0 aliphatic carbocycles. The maximum atomic E-state index is 12.0. The first-order chi connectivity index (χ1) is 9.24. The van der Waals surface area contributed by atoms with Crippen LogP contribution in [0.15, 0.2) is 48.5 Å². The van der Waals surface area contributed by atoms with Crippen molar-refractivity contribution in [1.82, 2.24) is 0 Å². The maximum absolute atomic E-state index is 12.0. The molecule has 0 fully saturated rings. The fraction of sp³-hybridized carbons (Fsp3) is 0.118. The summed E-state index contributed by atoms with van der Waals surface area (Å²) in [5.41, 5.74) is 0.770. The van der Waals surface area contributed by atoms with Gasteiger partial charge >= 0.3 is 0 Å². The highest BCUT2D eigenvalue weighted by Gasteiger charge is 2.15. The van der Waals surface area contributed by atoms with Crippen molar-refractivity contribution in [3.63, 3.8) is 0 Å². The monoisotopic (exact) mass is 250 g/mol. The minimum atomic E-state index is 0.0788. The van der Waals surface area contributed by atoms with Gasteiger partial charge in [-0.1, -0.05) is 48.5 Å². The first-order valence-corrected chi connectivity index (χ1v) is 6.22. The van der Waals surface area contributed by atoms with Crippen molar-refractivity contribution < 1.29 is 9.53 Å². The van der Waals surface area contributed by atoms with E-state index in [1.165, 1.54) is 0 Å². The molecule has 0 amide bonds. The van der Waals surface area contributed by atoms with Crippen LogP contribution in [0.4, 0.5) is 0 Å². The van der Waals surface area contributed by atoms with Crippen molar-refractivity contribution in [1.29, 1.82) is 0 Å². The maximum Gasteiger partial charge on any atom is 0.161 e. The van der Waals surface area contributed by atoms with Crippen LogP contribution in [0.5, 0.6) is 5.75 Å². The van der Waals surface area contributed by atoms with Gasteiger partial charge in [0.15, 0.2) is 5.78 Å². The van der Waals surface area contributed by atoms with Crippen LogP contribution < -0.4 is 4.74 Å². The van der Waals surface area contributed by atoms with Gasteiger partial charge in [0.1, 0.15) is 5.75 Å². The zero-order valence-corrected chi connectivity index (χ0v) is 10.9. The molecule has 0 aromatic heterocycles. The quantitative estimate of drug-likeness (QED) is 0.503. The molecule has 2 nitrogen and oxygen atoms in total. The lowest BCUT2D eigenvalue weighted by molar-refractivity contribution is 0.102. The van der Waals surface area contributed by atoms with Crippen LogP contribution in [-0.4, -0.2) is 12.9 Å². The number of benzene rings is 3. The third kappa shape index (κ3) is 1.68. The summed E-state index contributed by atoms with van der Waals surface area (Å²) in [5, 5.41) is 3.86. The number of carbonyl (C=O) groups is 1. The van der Waals surface area contributed by atoms with E-state index in [1.54, 1.807) is 14.0 Å². The molecule has 0 spiro atoms. The second-order valence-electron chi connectivity index (χ2n) is 4.56. The summed E-state index contributed by atoms with van der Waals surface area (Å²) >= 11 is 0. The molecule has 3 aromatic rings. The summed E-state index contributed by atoms with van der Waals surface area (Å²) < 4.78 is 5.56.